The normalized spacial score (nSPS) is 9.94. The van der Waals surface area contributed by atoms with Crippen LogP contribution in [-0.2, 0) is 0 Å². The Hall–Kier alpha value is -2.27. The first-order valence-electron chi connectivity index (χ1n) is 4.68. The van der Waals surface area contributed by atoms with E-state index >= 15 is 0 Å². The van der Waals surface area contributed by atoms with Crippen LogP contribution < -0.4 is 11.3 Å². The SMILES string of the molecule is Cc1cccc2c([O-])c(C(=O)O)cc(O)c12.[NH4+]. The summed E-state index contributed by atoms with van der Waals surface area (Å²) in [6.45, 7) is 1.75. The lowest BCUT2D eigenvalue weighted by molar-refractivity contribution is -0.266. The van der Waals surface area contributed by atoms with Gasteiger partial charge in [0.15, 0.2) is 0 Å². The molecular weight excluding hydrogens is 222 g/mol. The number of phenols is 1. The zero-order valence-electron chi connectivity index (χ0n) is 9.52. The van der Waals surface area contributed by atoms with Gasteiger partial charge in [0, 0.05) is 5.39 Å². The molecule has 5 nitrogen and oxygen atoms in total. The van der Waals surface area contributed by atoms with Crippen LogP contribution in [0.2, 0.25) is 0 Å². The van der Waals surface area contributed by atoms with Crippen LogP contribution in [0.5, 0.6) is 11.5 Å². The van der Waals surface area contributed by atoms with E-state index in [1.54, 1.807) is 19.1 Å². The quantitative estimate of drug-likeness (QED) is 0.700. The second kappa shape index (κ2) is 4.31. The Morgan fingerprint density at radius 1 is 1.35 bits per heavy atom. The number of rotatable bonds is 1. The topological polar surface area (TPSA) is 117 Å². The molecule has 0 aliphatic rings. The largest absolute Gasteiger partial charge is 0.871 e. The summed E-state index contributed by atoms with van der Waals surface area (Å²) >= 11 is 0. The fourth-order valence-corrected chi connectivity index (χ4v) is 1.78. The molecule has 5 heteroatoms. The smallest absolute Gasteiger partial charge is 0.335 e. The highest BCUT2D eigenvalue weighted by Crippen LogP contribution is 2.35. The molecule has 0 radical (unpaired) electrons. The first-order valence-corrected chi connectivity index (χ1v) is 4.68. The van der Waals surface area contributed by atoms with Crippen LogP contribution in [0.1, 0.15) is 15.9 Å². The van der Waals surface area contributed by atoms with E-state index in [1.165, 1.54) is 6.07 Å². The maximum absolute atomic E-state index is 11.8. The zero-order chi connectivity index (χ0) is 11.9. The summed E-state index contributed by atoms with van der Waals surface area (Å²) in [5, 5.41) is 30.9. The summed E-state index contributed by atoms with van der Waals surface area (Å²) in [6.07, 6.45) is 0. The summed E-state index contributed by atoms with van der Waals surface area (Å²) in [7, 11) is 0. The number of quaternary nitrogens is 1. The van der Waals surface area contributed by atoms with Crippen LogP contribution in [-0.4, -0.2) is 16.2 Å². The number of hydrogen-bond acceptors (Lipinski definition) is 3. The number of carbonyl (C=O) groups is 1. The molecule has 0 atom stereocenters. The molecule has 0 aromatic heterocycles. The van der Waals surface area contributed by atoms with Crippen molar-refractivity contribution in [3.8, 4) is 11.5 Å². The number of fused-ring (bicyclic) bond motifs is 1. The van der Waals surface area contributed by atoms with Gasteiger partial charge >= 0.3 is 5.97 Å². The minimum Gasteiger partial charge on any atom is -0.871 e. The molecule has 0 bridgehead atoms. The van der Waals surface area contributed by atoms with E-state index in [1.807, 2.05) is 0 Å². The van der Waals surface area contributed by atoms with Gasteiger partial charge in [-0.2, -0.15) is 0 Å². The molecule has 0 heterocycles. The van der Waals surface area contributed by atoms with Crippen molar-refractivity contribution in [3.05, 3.63) is 35.4 Å². The molecule has 0 saturated carbocycles. The van der Waals surface area contributed by atoms with E-state index in [9.17, 15) is 15.0 Å². The molecule has 0 spiro atoms. The monoisotopic (exact) mass is 235 g/mol. The molecular formula is C12H13NO4. The number of aromatic hydroxyl groups is 1. The number of hydrogen-bond donors (Lipinski definition) is 3. The highest BCUT2D eigenvalue weighted by Gasteiger charge is 2.11. The summed E-state index contributed by atoms with van der Waals surface area (Å²) < 4.78 is 0. The third-order valence-electron chi connectivity index (χ3n) is 2.53. The predicted molar refractivity (Wildman–Crippen MR) is 62.7 cm³/mol. The van der Waals surface area contributed by atoms with Crippen LogP contribution >= 0.6 is 0 Å². The summed E-state index contributed by atoms with van der Waals surface area (Å²) in [6, 6.07) is 5.92. The van der Waals surface area contributed by atoms with Gasteiger partial charge in [-0.15, -0.1) is 0 Å². The number of benzene rings is 2. The average Bonchev–Trinajstić information content (AvgIpc) is 2.22. The molecule has 0 amide bonds. The van der Waals surface area contributed by atoms with Crippen LogP contribution in [0.3, 0.4) is 0 Å². The molecule has 0 aliphatic heterocycles. The lowest BCUT2D eigenvalue weighted by Gasteiger charge is -2.16. The molecule has 2 rings (SSSR count). The van der Waals surface area contributed by atoms with Crippen LogP contribution in [0.4, 0.5) is 0 Å². The van der Waals surface area contributed by atoms with Crippen molar-refractivity contribution < 1.29 is 20.1 Å². The Kier molecular flexibility index (Phi) is 3.24. The average molecular weight is 235 g/mol. The third kappa shape index (κ3) is 1.88. The first kappa shape index (κ1) is 12.8. The molecule has 90 valence electrons. The summed E-state index contributed by atoms with van der Waals surface area (Å²) in [5.74, 6) is -2.07. The second-order valence-electron chi connectivity index (χ2n) is 3.58. The number of carboxylic acids is 1. The van der Waals surface area contributed by atoms with Gasteiger partial charge < -0.3 is 21.5 Å². The van der Waals surface area contributed by atoms with Gasteiger partial charge in [-0.3, -0.25) is 0 Å². The van der Waals surface area contributed by atoms with Gasteiger partial charge in [-0.05, 0) is 23.9 Å². The molecule has 17 heavy (non-hydrogen) atoms. The van der Waals surface area contributed by atoms with Crippen molar-refractivity contribution in [3.63, 3.8) is 0 Å². The van der Waals surface area contributed by atoms with Crippen molar-refractivity contribution in [1.82, 2.24) is 6.15 Å². The minimum absolute atomic E-state index is 0. The van der Waals surface area contributed by atoms with Crippen molar-refractivity contribution in [2.24, 2.45) is 0 Å². The van der Waals surface area contributed by atoms with Gasteiger partial charge in [0.25, 0.3) is 0 Å². The Labute approximate surface area is 97.5 Å². The highest BCUT2D eigenvalue weighted by atomic mass is 16.4. The van der Waals surface area contributed by atoms with Crippen molar-refractivity contribution in [2.75, 3.05) is 0 Å². The Balaban J connectivity index is 0.00000144. The van der Waals surface area contributed by atoms with Gasteiger partial charge in [0.1, 0.15) is 5.75 Å². The number of aryl methyl sites for hydroxylation is 1. The van der Waals surface area contributed by atoms with Crippen LogP contribution in [0.15, 0.2) is 24.3 Å². The molecule has 2 aromatic rings. The molecule has 6 N–H and O–H groups in total. The van der Waals surface area contributed by atoms with Gasteiger partial charge in [-0.1, -0.05) is 23.9 Å². The van der Waals surface area contributed by atoms with E-state index in [4.69, 9.17) is 5.11 Å². The van der Waals surface area contributed by atoms with Gasteiger partial charge in [0.05, 0.1) is 5.56 Å². The molecule has 0 aliphatic carbocycles. The van der Waals surface area contributed by atoms with E-state index in [2.05, 4.69) is 0 Å². The van der Waals surface area contributed by atoms with Crippen molar-refractivity contribution in [2.45, 2.75) is 6.92 Å². The summed E-state index contributed by atoms with van der Waals surface area (Å²) in [4.78, 5) is 10.8. The number of aromatic carboxylic acids is 1. The van der Waals surface area contributed by atoms with Crippen LogP contribution in [0, 0.1) is 6.92 Å². The lowest BCUT2D eigenvalue weighted by atomic mass is 10.0. The molecule has 2 aromatic carbocycles. The number of phenolic OH excluding ortho intramolecular Hbond substituents is 1. The first-order chi connectivity index (χ1) is 7.52. The van der Waals surface area contributed by atoms with Crippen molar-refractivity contribution >= 4 is 16.7 Å². The minimum atomic E-state index is -1.33. The van der Waals surface area contributed by atoms with E-state index in [0.29, 0.717) is 5.39 Å². The van der Waals surface area contributed by atoms with Gasteiger partial charge in [-0.25, -0.2) is 4.79 Å². The van der Waals surface area contributed by atoms with Gasteiger partial charge in [0.2, 0.25) is 0 Å². The second-order valence-corrected chi connectivity index (χ2v) is 3.58. The molecule has 0 saturated heterocycles. The predicted octanol–water partition coefficient (Wildman–Crippen LogP) is 2.00. The fourth-order valence-electron chi connectivity index (χ4n) is 1.78. The highest BCUT2D eigenvalue weighted by molar-refractivity contribution is 6.03. The Morgan fingerprint density at radius 3 is 2.59 bits per heavy atom. The summed E-state index contributed by atoms with van der Waals surface area (Å²) in [5.41, 5.74) is 0.333. The number of carboxylic acid groups (broad SMARTS) is 1. The Morgan fingerprint density at radius 2 is 2.00 bits per heavy atom. The van der Waals surface area contributed by atoms with E-state index in [-0.39, 0.29) is 17.3 Å². The lowest BCUT2D eigenvalue weighted by Crippen LogP contribution is -2.04. The fraction of sp³-hybridized carbons (Fsp3) is 0.0833. The maximum Gasteiger partial charge on any atom is 0.335 e. The molecule has 0 unspecified atom stereocenters. The maximum atomic E-state index is 11.8. The molecule has 0 fully saturated rings. The van der Waals surface area contributed by atoms with E-state index in [0.717, 1.165) is 11.6 Å². The Bertz CT molecular complexity index is 593. The third-order valence-corrected chi connectivity index (χ3v) is 2.53. The van der Waals surface area contributed by atoms with Crippen molar-refractivity contribution in [1.29, 1.82) is 0 Å². The standard InChI is InChI=1S/C12H10O4.H3N/c1-6-3-2-4-7-10(6)9(13)5-8(11(7)14)12(15)16;/h2-5,13-14H,1H3,(H,15,16);1H3. The zero-order valence-corrected chi connectivity index (χ0v) is 9.52. The van der Waals surface area contributed by atoms with E-state index < -0.39 is 17.3 Å². The van der Waals surface area contributed by atoms with Crippen LogP contribution in [0.25, 0.3) is 10.8 Å².